The van der Waals surface area contributed by atoms with E-state index in [9.17, 15) is 14.7 Å². The van der Waals surface area contributed by atoms with Crippen molar-refractivity contribution in [2.75, 3.05) is 18.6 Å². The number of carbonyl (C=O) groups is 2. The van der Waals surface area contributed by atoms with Gasteiger partial charge in [-0.15, -0.1) is 0 Å². The van der Waals surface area contributed by atoms with E-state index in [0.717, 1.165) is 0 Å². The summed E-state index contributed by atoms with van der Waals surface area (Å²) in [4.78, 5) is 24.4. The van der Waals surface area contributed by atoms with Crippen molar-refractivity contribution >= 4 is 17.6 Å². The topological polar surface area (TPSA) is 66.8 Å². The molecule has 1 amide bonds. The normalized spacial score (nSPS) is 16.0. The van der Waals surface area contributed by atoms with Crippen LogP contribution in [-0.4, -0.2) is 30.6 Å². The van der Waals surface area contributed by atoms with Crippen LogP contribution >= 0.6 is 0 Å². The zero-order chi connectivity index (χ0) is 14.2. The summed E-state index contributed by atoms with van der Waals surface area (Å²) >= 11 is 0. The number of nitrogens with zero attached hydrogens (tertiary/aromatic N) is 1. The lowest BCUT2D eigenvalue weighted by molar-refractivity contribution is -0.139. The summed E-state index contributed by atoms with van der Waals surface area (Å²) < 4.78 is 5.32. The van der Waals surface area contributed by atoms with Crippen molar-refractivity contribution in [1.29, 1.82) is 0 Å². The number of carboxylic acids is 1. The number of rotatable bonds is 3. The first-order chi connectivity index (χ1) is 8.91. The molecule has 0 aliphatic carbocycles. The summed E-state index contributed by atoms with van der Waals surface area (Å²) in [5, 5.41) is 9.31. The molecule has 1 aliphatic heterocycles. The minimum Gasteiger partial charge on any atom is -0.482 e. The molecule has 0 saturated heterocycles. The molecule has 1 atom stereocenters. The standard InChI is InChI=1S/C14H17NO4/c1-8(2)13(14(17)18)9-4-5-11-10(6-9)15(3)12(16)7-19-11/h4-6,8,13H,7H2,1-3H3,(H,17,18). The van der Waals surface area contributed by atoms with E-state index in [-0.39, 0.29) is 18.4 Å². The summed E-state index contributed by atoms with van der Waals surface area (Å²) in [6.45, 7) is 3.75. The van der Waals surface area contributed by atoms with Crippen LogP contribution in [0.1, 0.15) is 25.3 Å². The van der Waals surface area contributed by atoms with Gasteiger partial charge in [0.05, 0.1) is 11.6 Å². The number of amides is 1. The molecule has 0 bridgehead atoms. The Morgan fingerprint density at radius 1 is 1.42 bits per heavy atom. The van der Waals surface area contributed by atoms with Crippen LogP contribution in [0, 0.1) is 5.92 Å². The van der Waals surface area contributed by atoms with Crippen molar-refractivity contribution in [3.8, 4) is 5.75 Å². The van der Waals surface area contributed by atoms with E-state index in [1.807, 2.05) is 13.8 Å². The number of anilines is 1. The number of benzene rings is 1. The smallest absolute Gasteiger partial charge is 0.311 e. The van der Waals surface area contributed by atoms with Crippen LogP contribution in [0.4, 0.5) is 5.69 Å². The van der Waals surface area contributed by atoms with Gasteiger partial charge in [-0.2, -0.15) is 0 Å². The maximum absolute atomic E-state index is 11.6. The number of aliphatic carboxylic acids is 1. The van der Waals surface area contributed by atoms with Crippen LogP contribution in [0.15, 0.2) is 18.2 Å². The van der Waals surface area contributed by atoms with Gasteiger partial charge >= 0.3 is 5.97 Å². The summed E-state index contributed by atoms with van der Waals surface area (Å²) in [7, 11) is 1.67. The molecule has 2 rings (SSSR count). The fourth-order valence-electron chi connectivity index (χ4n) is 2.30. The second-order valence-electron chi connectivity index (χ2n) is 5.03. The number of hydrogen-bond acceptors (Lipinski definition) is 3. The number of carbonyl (C=O) groups excluding carboxylic acids is 1. The first kappa shape index (κ1) is 13.4. The van der Waals surface area contributed by atoms with Gasteiger partial charge in [0, 0.05) is 7.05 Å². The molecule has 1 aromatic carbocycles. The Morgan fingerprint density at radius 2 is 2.11 bits per heavy atom. The highest BCUT2D eigenvalue weighted by molar-refractivity contribution is 5.97. The molecule has 19 heavy (non-hydrogen) atoms. The van der Waals surface area contributed by atoms with E-state index in [2.05, 4.69) is 0 Å². The van der Waals surface area contributed by atoms with Gasteiger partial charge in [0.1, 0.15) is 5.75 Å². The predicted octanol–water partition coefficient (Wildman–Crippen LogP) is 1.87. The van der Waals surface area contributed by atoms with E-state index in [0.29, 0.717) is 17.0 Å². The number of ether oxygens (including phenoxy) is 1. The van der Waals surface area contributed by atoms with Crippen LogP contribution in [0.5, 0.6) is 5.75 Å². The van der Waals surface area contributed by atoms with E-state index in [1.165, 1.54) is 4.90 Å². The average molecular weight is 263 g/mol. The van der Waals surface area contributed by atoms with Crippen LogP contribution in [0.25, 0.3) is 0 Å². The molecular formula is C14H17NO4. The van der Waals surface area contributed by atoms with Crippen molar-refractivity contribution in [3.63, 3.8) is 0 Å². The number of hydrogen-bond donors (Lipinski definition) is 1. The average Bonchev–Trinajstić information content (AvgIpc) is 2.33. The molecule has 102 valence electrons. The molecule has 1 unspecified atom stereocenters. The molecule has 1 aromatic rings. The maximum atomic E-state index is 11.6. The van der Waals surface area contributed by atoms with Crippen molar-refractivity contribution in [2.45, 2.75) is 19.8 Å². The van der Waals surface area contributed by atoms with Gasteiger partial charge in [0.15, 0.2) is 6.61 Å². The molecular weight excluding hydrogens is 246 g/mol. The minimum atomic E-state index is -0.861. The van der Waals surface area contributed by atoms with Gasteiger partial charge in [-0.1, -0.05) is 19.9 Å². The number of carboxylic acid groups (broad SMARTS) is 1. The molecule has 1 N–H and O–H groups in total. The molecule has 5 nitrogen and oxygen atoms in total. The van der Waals surface area contributed by atoms with E-state index in [1.54, 1.807) is 25.2 Å². The number of likely N-dealkylation sites (N-methyl/N-ethyl adjacent to an activating group) is 1. The van der Waals surface area contributed by atoms with Gasteiger partial charge in [-0.05, 0) is 23.6 Å². The first-order valence-electron chi connectivity index (χ1n) is 6.18. The Balaban J connectivity index is 2.45. The van der Waals surface area contributed by atoms with Crippen LogP contribution in [-0.2, 0) is 9.59 Å². The van der Waals surface area contributed by atoms with Gasteiger partial charge in [0.2, 0.25) is 0 Å². The molecule has 1 heterocycles. The third-order valence-electron chi connectivity index (χ3n) is 3.36. The molecule has 0 spiro atoms. The quantitative estimate of drug-likeness (QED) is 0.904. The van der Waals surface area contributed by atoms with Gasteiger partial charge in [-0.3, -0.25) is 9.59 Å². The lowest BCUT2D eigenvalue weighted by Crippen LogP contribution is -2.35. The summed E-state index contributed by atoms with van der Waals surface area (Å²) in [5.74, 6) is -1.00. The largest absolute Gasteiger partial charge is 0.482 e. The highest BCUT2D eigenvalue weighted by Gasteiger charge is 2.27. The second kappa shape index (κ2) is 4.91. The number of fused-ring (bicyclic) bond motifs is 1. The van der Waals surface area contributed by atoms with Crippen LogP contribution in [0.2, 0.25) is 0 Å². The lowest BCUT2D eigenvalue weighted by Gasteiger charge is -2.27. The van der Waals surface area contributed by atoms with Crippen molar-refractivity contribution in [1.82, 2.24) is 0 Å². The van der Waals surface area contributed by atoms with Gasteiger partial charge in [0.25, 0.3) is 5.91 Å². The third kappa shape index (κ3) is 2.41. The molecule has 0 saturated carbocycles. The van der Waals surface area contributed by atoms with Gasteiger partial charge < -0.3 is 14.7 Å². The Kier molecular flexibility index (Phi) is 3.46. The fourth-order valence-corrected chi connectivity index (χ4v) is 2.30. The van der Waals surface area contributed by atoms with Crippen molar-refractivity contribution in [3.05, 3.63) is 23.8 Å². The van der Waals surface area contributed by atoms with E-state index >= 15 is 0 Å². The molecule has 0 fully saturated rings. The first-order valence-corrected chi connectivity index (χ1v) is 6.18. The van der Waals surface area contributed by atoms with Crippen molar-refractivity contribution in [2.24, 2.45) is 5.92 Å². The summed E-state index contributed by atoms with van der Waals surface area (Å²) in [6.07, 6.45) is 0. The molecule has 5 heteroatoms. The zero-order valence-corrected chi connectivity index (χ0v) is 11.2. The Morgan fingerprint density at radius 3 is 2.68 bits per heavy atom. The lowest BCUT2D eigenvalue weighted by atomic mass is 9.88. The van der Waals surface area contributed by atoms with Crippen LogP contribution in [0.3, 0.4) is 0 Å². The predicted molar refractivity (Wildman–Crippen MR) is 70.6 cm³/mol. The second-order valence-corrected chi connectivity index (χ2v) is 5.03. The minimum absolute atomic E-state index is 0.0232. The molecule has 1 aliphatic rings. The van der Waals surface area contributed by atoms with Crippen LogP contribution < -0.4 is 9.64 Å². The summed E-state index contributed by atoms with van der Waals surface area (Å²) in [5.41, 5.74) is 1.31. The third-order valence-corrected chi connectivity index (χ3v) is 3.36. The fraction of sp³-hybridized carbons (Fsp3) is 0.429. The van der Waals surface area contributed by atoms with E-state index < -0.39 is 11.9 Å². The maximum Gasteiger partial charge on any atom is 0.311 e. The Hall–Kier alpha value is -2.04. The zero-order valence-electron chi connectivity index (χ0n) is 11.2. The van der Waals surface area contributed by atoms with Crippen molar-refractivity contribution < 1.29 is 19.4 Å². The van der Waals surface area contributed by atoms with Gasteiger partial charge in [-0.25, -0.2) is 0 Å². The highest BCUT2D eigenvalue weighted by atomic mass is 16.5. The molecule has 0 radical (unpaired) electrons. The SMILES string of the molecule is CC(C)C(C(=O)O)c1ccc2c(c1)N(C)C(=O)CO2. The summed E-state index contributed by atoms with van der Waals surface area (Å²) in [6, 6.07) is 5.21. The monoisotopic (exact) mass is 263 g/mol. The Bertz CT molecular complexity index is 524. The highest BCUT2D eigenvalue weighted by Crippen LogP contribution is 2.35. The van der Waals surface area contributed by atoms with E-state index in [4.69, 9.17) is 4.74 Å². The molecule has 0 aromatic heterocycles. The Labute approximate surface area is 111 Å².